The fourth-order valence-electron chi connectivity index (χ4n) is 2.48. The predicted octanol–water partition coefficient (Wildman–Crippen LogP) is 2.85. The summed E-state index contributed by atoms with van der Waals surface area (Å²) >= 11 is 0. The van der Waals surface area contributed by atoms with Crippen LogP contribution in [0.15, 0.2) is 47.3 Å². The SMILES string of the molecule is CN(Cc1ccon1)Cc1cn(C)nc1-c1ccccc1F. The summed E-state index contributed by atoms with van der Waals surface area (Å²) in [6, 6.07) is 8.53. The smallest absolute Gasteiger partial charge is 0.132 e. The van der Waals surface area contributed by atoms with Gasteiger partial charge in [0, 0.05) is 43.5 Å². The van der Waals surface area contributed by atoms with Gasteiger partial charge in [0.05, 0.1) is 11.4 Å². The van der Waals surface area contributed by atoms with Crippen molar-refractivity contribution >= 4 is 0 Å². The highest BCUT2D eigenvalue weighted by Crippen LogP contribution is 2.25. The Hall–Kier alpha value is -2.47. The zero-order valence-corrected chi connectivity index (χ0v) is 12.5. The molecule has 0 fully saturated rings. The third-order valence-electron chi connectivity index (χ3n) is 3.40. The molecule has 0 bridgehead atoms. The Morgan fingerprint density at radius 3 is 2.77 bits per heavy atom. The second-order valence-electron chi connectivity index (χ2n) is 5.32. The van der Waals surface area contributed by atoms with E-state index in [2.05, 4.69) is 15.2 Å². The number of aromatic nitrogens is 3. The van der Waals surface area contributed by atoms with Gasteiger partial charge in [-0.3, -0.25) is 9.58 Å². The Morgan fingerprint density at radius 2 is 2.05 bits per heavy atom. The normalized spacial score (nSPS) is 11.3. The predicted molar refractivity (Wildman–Crippen MR) is 80.3 cm³/mol. The van der Waals surface area contributed by atoms with E-state index in [0.29, 0.717) is 24.3 Å². The Labute approximate surface area is 128 Å². The molecule has 3 rings (SSSR count). The topological polar surface area (TPSA) is 47.1 Å². The summed E-state index contributed by atoms with van der Waals surface area (Å²) in [7, 11) is 3.82. The molecule has 0 aliphatic heterocycles. The van der Waals surface area contributed by atoms with Crippen LogP contribution in [-0.4, -0.2) is 26.9 Å². The van der Waals surface area contributed by atoms with Crippen molar-refractivity contribution in [1.82, 2.24) is 19.8 Å². The highest BCUT2D eigenvalue weighted by Gasteiger charge is 2.15. The summed E-state index contributed by atoms with van der Waals surface area (Å²) in [6.07, 6.45) is 3.47. The summed E-state index contributed by atoms with van der Waals surface area (Å²) in [5, 5.41) is 8.31. The molecule has 0 N–H and O–H groups in total. The van der Waals surface area contributed by atoms with E-state index < -0.39 is 0 Å². The fraction of sp³-hybridized carbons (Fsp3) is 0.250. The van der Waals surface area contributed by atoms with Gasteiger partial charge < -0.3 is 4.52 Å². The standard InChI is InChI=1S/C16H17FN4O/c1-20(11-13-7-8-22-19-13)9-12-10-21(2)18-16(12)14-5-3-4-6-15(14)17/h3-8,10H,9,11H2,1-2H3. The minimum absolute atomic E-state index is 0.262. The zero-order chi connectivity index (χ0) is 15.5. The maximum atomic E-state index is 14.0. The second kappa shape index (κ2) is 6.11. The number of hydrogen-bond acceptors (Lipinski definition) is 4. The average molecular weight is 300 g/mol. The minimum Gasteiger partial charge on any atom is -0.364 e. The molecule has 0 aliphatic carbocycles. The molecule has 2 aromatic heterocycles. The summed E-state index contributed by atoms with van der Waals surface area (Å²) in [4.78, 5) is 2.08. The third-order valence-corrected chi connectivity index (χ3v) is 3.40. The molecule has 0 saturated carbocycles. The molecule has 5 nitrogen and oxygen atoms in total. The maximum Gasteiger partial charge on any atom is 0.132 e. The lowest BCUT2D eigenvalue weighted by Gasteiger charge is -2.14. The highest BCUT2D eigenvalue weighted by atomic mass is 19.1. The Bertz CT molecular complexity index is 751. The van der Waals surface area contributed by atoms with Crippen LogP contribution in [0.3, 0.4) is 0 Å². The van der Waals surface area contributed by atoms with Crippen LogP contribution in [-0.2, 0) is 20.1 Å². The van der Waals surface area contributed by atoms with Gasteiger partial charge in [-0.1, -0.05) is 17.3 Å². The van der Waals surface area contributed by atoms with Crippen molar-refractivity contribution in [2.75, 3.05) is 7.05 Å². The summed E-state index contributed by atoms with van der Waals surface area (Å²) < 4.78 is 20.6. The van der Waals surface area contributed by atoms with Crippen molar-refractivity contribution in [2.24, 2.45) is 7.05 Å². The average Bonchev–Trinajstić information content (AvgIpc) is 3.09. The fourth-order valence-corrected chi connectivity index (χ4v) is 2.48. The zero-order valence-electron chi connectivity index (χ0n) is 12.5. The van der Waals surface area contributed by atoms with Crippen molar-refractivity contribution in [1.29, 1.82) is 0 Å². The van der Waals surface area contributed by atoms with Crippen LogP contribution in [0.1, 0.15) is 11.3 Å². The number of aryl methyl sites for hydroxylation is 1. The lowest BCUT2D eigenvalue weighted by atomic mass is 10.1. The van der Waals surface area contributed by atoms with Crippen LogP contribution in [0.2, 0.25) is 0 Å². The van der Waals surface area contributed by atoms with Gasteiger partial charge in [0.2, 0.25) is 0 Å². The molecule has 22 heavy (non-hydrogen) atoms. The lowest BCUT2D eigenvalue weighted by Crippen LogP contribution is -2.17. The quantitative estimate of drug-likeness (QED) is 0.727. The molecule has 0 amide bonds. The van der Waals surface area contributed by atoms with Crippen LogP contribution in [0.25, 0.3) is 11.3 Å². The van der Waals surface area contributed by atoms with Crippen LogP contribution < -0.4 is 0 Å². The Kier molecular flexibility index (Phi) is 4.02. The molecule has 0 radical (unpaired) electrons. The first-order valence-corrected chi connectivity index (χ1v) is 6.98. The number of hydrogen-bond donors (Lipinski definition) is 0. The summed E-state index contributed by atoms with van der Waals surface area (Å²) in [6.45, 7) is 1.30. The van der Waals surface area contributed by atoms with Crippen molar-refractivity contribution in [2.45, 2.75) is 13.1 Å². The van der Waals surface area contributed by atoms with Gasteiger partial charge in [-0.05, 0) is 19.2 Å². The first-order valence-electron chi connectivity index (χ1n) is 6.98. The lowest BCUT2D eigenvalue weighted by molar-refractivity contribution is 0.304. The van der Waals surface area contributed by atoms with E-state index >= 15 is 0 Å². The monoisotopic (exact) mass is 300 g/mol. The molecule has 0 saturated heterocycles. The third kappa shape index (κ3) is 3.07. The molecule has 0 unspecified atom stereocenters. The molecular weight excluding hydrogens is 283 g/mol. The van der Waals surface area contributed by atoms with Gasteiger partial charge in [0.25, 0.3) is 0 Å². The van der Waals surface area contributed by atoms with Gasteiger partial charge >= 0.3 is 0 Å². The molecule has 6 heteroatoms. The molecule has 2 heterocycles. The van der Waals surface area contributed by atoms with Crippen LogP contribution in [0, 0.1) is 5.82 Å². The van der Waals surface area contributed by atoms with E-state index in [1.807, 2.05) is 32.4 Å². The van der Waals surface area contributed by atoms with Crippen LogP contribution >= 0.6 is 0 Å². The molecule has 0 spiro atoms. The molecule has 0 aliphatic rings. The second-order valence-corrected chi connectivity index (χ2v) is 5.32. The van der Waals surface area contributed by atoms with Crippen molar-refractivity contribution in [3.05, 3.63) is 59.9 Å². The molecule has 1 aromatic carbocycles. The van der Waals surface area contributed by atoms with E-state index in [4.69, 9.17) is 4.52 Å². The van der Waals surface area contributed by atoms with Crippen molar-refractivity contribution in [3.8, 4) is 11.3 Å². The highest BCUT2D eigenvalue weighted by molar-refractivity contribution is 5.63. The number of nitrogens with zero attached hydrogens (tertiary/aromatic N) is 4. The number of halogens is 1. The molecule has 3 aromatic rings. The first kappa shape index (κ1) is 14.5. The first-order chi connectivity index (χ1) is 10.6. The van der Waals surface area contributed by atoms with E-state index in [0.717, 1.165) is 11.3 Å². The van der Waals surface area contributed by atoms with Gasteiger partial charge in [0.1, 0.15) is 12.1 Å². The van der Waals surface area contributed by atoms with Gasteiger partial charge in [-0.25, -0.2) is 4.39 Å². The number of rotatable bonds is 5. The van der Waals surface area contributed by atoms with Gasteiger partial charge in [0.15, 0.2) is 0 Å². The van der Waals surface area contributed by atoms with E-state index in [-0.39, 0.29) is 5.82 Å². The Morgan fingerprint density at radius 1 is 1.23 bits per heavy atom. The van der Waals surface area contributed by atoms with E-state index in [9.17, 15) is 4.39 Å². The maximum absolute atomic E-state index is 14.0. The van der Waals surface area contributed by atoms with Crippen LogP contribution in [0.5, 0.6) is 0 Å². The van der Waals surface area contributed by atoms with Crippen LogP contribution in [0.4, 0.5) is 4.39 Å². The van der Waals surface area contributed by atoms with E-state index in [1.54, 1.807) is 23.1 Å². The van der Waals surface area contributed by atoms with Gasteiger partial charge in [-0.2, -0.15) is 5.10 Å². The molecule has 114 valence electrons. The molecular formula is C16H17FN4O. The number of benzene rings is 1. The van der Waals surface area contributed by atoms with Crippen molar-refractivity contribution < 1.29 is 8.91 Å². The largest absolute Gasteiger partial charge is 0.364 e. The van der Waals surface area contributed by atoms with E-state index in [1.165, 1.54) is 6.07 Å². The molecule has 0 atom stereocenters. The van der Waals surface area contributed by atoms with Crippen molar-refractivity contribution in [3.63, 3.8) is 0 Å². The minimum atomic E-state index is -0.262. The Balaban J connectivity index is 1.84. The summed E-state index contributed by atoms with van der Waals surface area (Å²) in [5.74, 6) is -0.262. The summed E-state index contributed by atoms with van der Waals surface area (Å²) in [5.41, 5.74) is 3.03. The van der Waals surface area contributed by atoms with Gasteiger partial charge in [-0.15, -0.1) is 0 Å².